The fourth-order valence-electron chi connectivity index (χ4n) is 2.85. The summed E-state index contributed by atoms with van der Waals surface area (Å²) in [7, 11) is 1.22. The van der Waals surface area contributed by atoms with Gasteiger partial charge in [-0.3, -0.25) is 10.1 Å². The number of fused-ring (bicyclic) bond motifs is 4. The van der Waals surface area contributed by atoms with E-state index >= 15 is 0 Å². The van der Waals surface area contributed by atoms with Gasteiger partial charge in [0.2, 0.25) is 0 Å². The first-order valence-corrected chi connectivity index (χ1v) is 6.58. The average molecular weight is 315 g/mol. The lowest BCUT2D eigenvalue weighted by atomic mass is 9.80. The zero-order chi connectivity index (χ0) is 15.4. The van der Waals surface area contributed by atoms with Gasteiger partial charge in [0.05, 0.1) is 23.7 Å². The monoisotopic (exact) mass is 314 g/mol. The molecule has 3 unspecified atom stereocenters. The molecule has 21 heavy (non-hydrogen) atoms. The second-order valence-electron chi connectivity index (χ2n) is 5.06. The van der Waals surface area contributed by atoms with E-state index in [1.54, 1.807) is 0 Å². The summed E-state index contributed by atoms with van der Waals surface area (Å²) < 4.78 is 24.7. The second-order valence-corrected chi connectivity index (χ2v) is 5.47. The lowest BCUT2D eigenvalue weighted by Gasteiger charge is -2.48. The van der Waals surface area contributed by atoms with Crippen LogP contribution in [0.2, 0.25) is 5.02 Å². The quantitative estimate of drug-likeness (QED) is 0.774. The third-order valence-electron chi connectivity index (χ3n) is 3.76. The fraction of sp³-hybridized carbons (Fsp3) is 0.385. The smallest absolute Gasteiger partial charge is 0.318 e. The van der Waals surface area contributed by atoms with Gasteiger partial charge in [-0.15, -0.1) is 0 Å². The molecule has 1 aromatic carbocycles. The zero-order valence-electron chi connectivity index (χ0n) is 11.2. The predicted octanol–water partition coefficient (Wildman–Crippen LogP) is 1.73. The molecule has 2 heterocycles. The van der Waals surface area contributed by atoms with E-state index in [9.17, 15) is 14.0 Å². The highest BCUT2D eigenvalue weighted by atomic mass is 35.5. The molecule has 6 nitrogen and oxygen atoms in total. The summed E-state index contributed by atoms with van der Waals surface area (Å²) >= 11 is 5.78. The van der Waals surface area contributed by atoms with Crippen LogP contribution in [0, 0.1) is 11.7 Å². The molecule has 8 heteroatoms. The van der Waals surface area contributed by atoms with E-state index in [-0.39, 0.29) is 16.3 Å². The number of hydrogen-bond acceptors (Lipinski definition) is 4. The number of esters is 1. The van der Waals surface area contributed by atoms with Gasteiger partial charge in [-0.05, 0) is 19.1 Å². The van der Waals surface area contributed by atoms with Crippen LogP contribution in [0.3, 0.4) is 0 Å². The number of carbonyl (C=O) groups is 2. The van der Waals surface area contributed by atoms with E-state index in [0.29, 0.717) is 0 Å². The Hall–Kier alpha value is -2.02. The standard InChI is InChI=1S/C13H12ClFN2O4/c1-13-8(11(18)20-2)10(16-12(19)17-13)7-6(21-13)4-3-5(14)9(7)15/h3-4,8,10H,1-2H3,(H2,16,17,19). The Morgan fingerprint density at radius 2 is 2.24 bits per heavy atom. The maximum absolute atomic E-state index is 14.3. The number of ether oxygens (including phenoxy) is 2. The number of hydrogen-bond donors (Lipinski definition) is 2. The van der Waals surface area contributed by atoms with Crippen molar-refractivity contribution in [3.63, 3.8) is 0 Å². The molecule has 1 saturated heterocycles. The van der Waals surface area contributed by atoms with Gasteiger partial charge >= 0.3 is 12.0 Å². The van der Waals surface area contributed by atoms with Crippen LogP contribution in [0.5, 0.6) is 5.75 Å². The van der Waals surface area contributed by atoms with Gasteiger partial charge in [-0.1, -0.05) is 11.6 Å². The van der Waals surface area contributed by atoms with Crippen LogP contribution in [-0.4, -0.2) is 24.8 Å². The van der Waals surface area contributed by atoms with Gasteiger partial charge in [-0.25, -0.2) is 9.18 Å². The highest BCUT2D eigenvalue weighted by Gasteiger charge is 2.57. The van der Waals surface area contributed by atoms with Crippen molar-refractivity contribution in [2.75, 3.05) is 7.11 Å². The average Bonchev–Trinajstić information content (AvgIpc) is 2.40. The molecule has 2 aliphatic rings. The molecule has 1 aromatic rings. The molecule has 2 amide bonds. The molecule has 112 valence electrons. The molecule has 0 saturated carbocycles. The summed E-state index contributed by atoms with van der Waals surface area (Å²) in [5.41, 5.74) is -1.28. The lowest BCUT2D eigenvalue weighted by Crippen LogP contribution is -2.70. The molecule has 0 radical (unpaired) electrons. The largest absolute Gasteiger partial charge is 0.469 e. The number of nitrogens with one attached hydrogen (secondary N) is 2. The van der Waals surface area contributed by atoms with Crippen LogP contribution in [-0.2, 0) is 9.53 Å². The Kier molecular flexibility index (Phi) is 2.98. The maximum Gasteiger partial charge on any atom is 0.318 e. The summed E-state index contributed by atoms with van der Waals surface area (Å²) in [6, 6.07) is 1.37. The molecule has 2 N–H and O–H groups in total. The topological polar surface area (TPSA) is 76.7 Å². The number of urea groups is 1. The SMILES string of the molecule is COC(=O)C1C2NC(=O)NC1(C)Oc1ccc(Cl)c(F)c12. The van der Waals surface area contributed by atoms with E-state index in [4.69, 9.17) is 21.1 Å². The van der Waals surface area contributed by atoms with Crippen LogP contribution in [0.1, 0.15) is 18.5 Å². The summed E-state index contributed by atoms with van der Waals surface area (Å²) in [6.07, 6.45) is 0. The molecule has 2 aliphatic heterocycles. The Labute approximate surface area is 124 Å². The summed E-state index contributed by atoms with van der Waals surface area (Å²) in [5, 5.41) is 4.96. The first-order chi connectivity index (χ1) is 9.87. The van der Waals surface area contributed by atoms with Gasteiger partial charge < -0.3 is 14.8 Å². The minimum absolute atomic E-state index is 0.0465. The second kappa shape index (κ2) is 4.49. The van der Waals surface area contributed by atoms with Crippen molar-refractivity contribution in [3.8, 4) is 5.75 Å². The van der Waals surface area contributed by atoms with Gasteiger partial charge in [0, 0.05) is 0 Å². The minimum atomic E-state index is -1.33. The summed E-state index contributed by atoms with van der Waals surface area (Å²) in [5.74, 6) is -2.07. The van der Waals surface area contributed by atoms with Crippen LogP contribution in [0.25, 0.3) is 0 Å². The molecule has 3 rings (SSSR count). The molecule has 1 fully saturated rings. The molecule has 0 aliphatic carbocycles. The van der Waals surface area contributed by atoms with Crippen molar-refractivity contribution in [2.45, 2.75) is 18.7 Å². The summed E-state index contributed by atoms with van der Waals surface area (Å²) in [4.78, 5) is 23.8. The van der Waals surface area contributed by atoms with Crippen molar-refractivity contribution in [1.82, 2.24) is 10.6 Å². The van der Waals surface area contributed by atoms with E-state index in [2.05, 4.69) is 10.6 Å². The van der Waals surface area contributed by atoms with E-state index in [0.717, 1.165) is 0 Å². The minimum Gasteiger partial charge on any atom is -0.469 e. The molecule has 0 spiro atoms. The van der Waals surface area contributed by atoms with Crippen molar-refractivity contribution >= 4 is 23.6 Å². The van der Waals surface area contributed by atoms with Gasteiger partial charge in [0.15, 0.2) is 11.5 Å². The van der Waals surface area contributed by atoms with Crippen LogP contribution >= 0.6 is 11.6 Å². The highest BCUT2D eigenvalue weighted by Crippen LogP contribution is 2.47. The Balaban J connectivity index is 2.21. The Bertz CT molecular complexity index is 653. The van der Waals surface area contributed by atoms with Crippen molar-refractivity contribution in [3.05, 3.63) is 28.5 Å². The maximum atomic E-state index is 14.3. The molecule has 0 aromatic heterocycles. The number of methoxy groups -OCH3 is 1. The fourth-order valence-corrected chi connectivity index (χ4v) is 3.02. The highest BCUT2D eigenvalue weighted by molar-refractivity contribution is 6.30. The Morgan fingerprint density at radius 3 is 2.90 bits per heavy atom. The molecule has 2 bridgehead atoms. The number of benzene rings is 1. The number of halogens is 2. The van der Waals surface area contributed by atoms with E-state index in [1.807, 2.05) is 0 Å². The third-order valence-corrected chi connectivity index (χ3v) is 4.05. The first-order valence-electron chi connectivity index (χ1n) is 6.21. The molecular formula is C13H12ClFN2O4. The van der Waals surface area contributed by atoms with Gasteiger partial charge in [0.1, 0.15) is 11.7 Å². The van der Waals surface area contributed by atoms with E-state index < -0.39 is 35.5 Å². The summed E-state index contributed by atoms with van der Waals surface area (Å²) in [6.45, 7) is 1.54. The first kappa shape index (κ1) is 13.9. The van der Waals surface area contributed by atoms with Crippen LogP contribution in [0.4, 0.5) is 9.18 Å². The zero-order valence-corrected chi connectivity index (χ0v) is 12.0. The number of rotatable bonds is 1. The van der Waals surface area contributed by atoms with Crippen molar-refractivity contribution in [1.29, 1.82) is 0 Å². The number of amides is 2. The van der Waals surface area contributed by atoms with Gasteiger partial charge in [0.25, 0.3) is 0 Å². The molecule has 3 atom stereocenters. The predicted molar refractivity (Wildman–Crippen MR) is 70.4 cm³/mol. The number of carbonyl (C=O) groups excluding carboxylic acids is 2. The van der Waals surface area contributed by atoms with E-state index in [1.165, 1.54) is 26.2 Å². The van der Waals surface area contributed by atoms with Crippen LogP contribution < -0.4 is 15.4 Å². The lowest BCUT2D eigenvalue weighted by molar-refractivity contribution is -0.160. The third kappa shape index (κ3) is 1.91. The normalized spacial score (nSPS) is 29.6. The van der Waals surface area contributed by atoms with Crippen LogP contribution in [0.15, 0.2) is 12.1 Å². The van der Waals surface area contributed by atoms with Gasteiger partial charge in [-0.2, -0.15) is 0 Å². The Morgan fingerprint density at radius 1 is 1.52 bits per heavy atom. The van der Waals surface area contributed by atoms with Crippen molar-refractivity contribution in [2.24, 2.45) is 5.92 Å². The van der Waals surface area contributed by atoms with Crippen molar-refractivity contribution < 1.29 is 23.5 Å². The molecular weight excluding hydrogens is 303 g/mol.